The van der Waals surface area contributed by atoms with Crippen LogP contribution >= 0.6 is 0 Å². The highest BCUT2D eigenvalue weighted by Gasteiger charge is 2.34. The minimum atomic E-state index is -4.69. The Morgan fingerprint density at radius 1 is 1.22 bits per heavy atom. The topological polar surface area (TPSA) is 94.1 Å². The van der Waals surface area contributed by atoms with Crippen LogP contribution in [0.15, 0.2) is 21.7 Å². The van der Waals surface area contributed by atoms with Gasteiger partial charge < -0.3 is 4.90 Å². The largest absolute Gasteiger partial charge is 0.450 e. The van der Waals surface area contributed by atoms with Crippen LogP contribution < -0.4 is 5.76 Å². The average molecular weight is 329 g/mol. The van der Waals surface area contributed by atoms with Gasteiger partial charge in [0, 0.05) is 13.1 Å². The standard InChI is InChI=1S/C12H10F3N5O3/c13-12(14,15)8-5-7(16-6-17-8)9-18-23-11(22)20(9)10(21)19-3-1-2-4-19/h5-6H,1-4H2. The summed E-state index contributed by atoms with van der Waals surface area (Å²) in [5, 5.41) is 3.37. The fourth-order valence-electron chi connectivity index (χ4n) is 2.26. The third-order valence-electron chi connectivity index (χ3n) is 3.36. The van der Waals surface area contributed by atoms with Crippen molar-refractivity contribution in [3.05, 3.63) is 28.6 Å². The molecule has 0 spiro atoms. The molecule has 8 nitrogen and oxygen atoms in total. The molecule has 1 aliphatic rings. The molecule has 2 aromatic heterocycles. The van der Waals surface area contributed by atoms with Crippen LogP contribution in [0.5, 0.6) is 0 Å². The second-order valence-electron chi connectivity index (χ2n) is 4.87. The van der Waals surface area contributed by atoms with Gasteiger partial charge in [-0.25, -0.2) is 19.6 Å². The number of halogens is 3. The fourth-order valence-corrected chi connectivity index (χ4v) is 2.26. The average Bonchev–Trinajstić information content (AvgIpc) is 3.15. The van der Waals surface area contributed by atoms with Crippen molar-refractivity contribution >= 4 is 6.03 Å². The Labute approximate surface area is 126 Å². The molecule has 0 N–H and O–H groups in total. The highest BCUT2D eigenvalue weighted by atomic mass is 19.4. The predicted molar refractivity (Wildman–Crippen MR) is 68.4 cm³/mol. The van der Waals surface area contributed by atoms with Gasteiger partial charge in [-0.05, 0) is 18.9 Å². The number of aromatic nitrogens is 4. The minimum Gasteiger partial charge on any atom is -0.324 e. The summed E-state index contributed by atoms with van der Waals surface area (Å²) in [5.74, 6) is -1.47. The summed E-state index contributed by atoms with van der Waals surface area (Å²) in [6.45, 7) is 0.904. The van der Waals surface area contributed by atoms with E-state index in [1.165, 1.54) is 4.90 Å². The Hall–Kier alpha value is -2.72. The molecule has 3 heterocycles. The van der Waals surface area contributed by atoms with Crippen molar-refractivity contribution in [3.8, 4) is 11.5 Å². The summed E-state index contributed by atoms with van der Waals surface area (Å²) in [6, 6.07) is -0.0960. The molecule has 0 aliphatic carbocycles. The molecule has 0 saturated carbocycles. The van der Waals surface area contributed by atoms with Gasteiger partial charge >= 0.3 is 18.0 Å². The number of hydrogen-bond donors (Lipinski definition) is 0. The predicted octanol–water partition coefficient (Wildman–Crippen LogP) is 1.38. The molecule has 0 unspecified atom stereocenters. The molecule has 1 aliphatic heterocycles. The Morgan fingerprint density at radius 3 is 2.57 bits per heavy atom. The maximum atomic E-state index is 12.7. The third-order valence-corrected chi connectivity index (χ3v) is 3.36. The second-order valence-corrected chi connectivity index (χ2v) is 4.87. The number of carbonyl (C=O) groups excluding carboxylic acids is 1. The van der Waals surface area contributed by atoms with Crippen LogP contribution in [0.25, 0.3) is 11.5 Å². The van der Waals surface area contributed by atoms with Gasteiger partial charge in [0.2, 0.25) is 5.82 Å². The van der Waals surface area contributed by atoms with Crippen LogP contribution in [0.3, 0.4) is 0 Å². The molecule has 0 radical (unpaired) electrons. The smallest absolute Gasteiger partial charge is 0.324 e. The van der Waals surface area contributed by atoms with Gasteiger partial charge in [0.25, 0.3) is 0 Å². The van der Waals surface area contributed by atoms with Crippen molar-refractivity contribution in [1.82, 2.24) is 24.6 Å². The zero-order chi connectivity index (χ0) is 16.6. The van der Waals surface area contributed by atoms with Crippen LogP contribution in [0, 0.1) is 0 Å². The lowest BCUT2D eigenvalue weighted by molar-refractivity contribution is -0.141. The minimum absolute atomic E-state index is 0.328. The molecule has 122 valence electrons. The molecular formula is C12H10F3N5O3. The molecule has 23 heavy (non-hydrogen) atoms. The first-order valence-corrected chi connectivity index (χ1v) is 6.65. The summed E-state index contributed by atoms with van der Waals surface area (Å²) in [5.41, 5.74) is -1.54. The lowest BCUT2D eigenvalue weighted by Gasteiger charge is -2.15. The summed E-state index contributed by atoms with van der Waals surface area (Å²) in [4.78, 5) is 32.2. The molecule has 1 fully saturated rings. The lowest BCUT2D eigenvalue weighted by atomic mass is 10.3. The number of nitrogens with zero attached hydrogens (tertiary/aromatic N) is 5. The third kappa shape index (κ3) is 2.81. The van der Waals surface area contributed by atoms with Crippen LogP contribution in [0.2, 0.25) is 0 Å². The van der Waals surface area contributed by atoms with Crippen LogP contribution in [-0.4, -0.2) is 43.7 Å². The lowest BCUT2D eigenvalue weighted by Crippen LogP contribution is -2.37. The van der Waals surface area contributed by atoms with Gasteiger partial charge in [0.1, 0.15) is 17.7 Å². The van der Waals surface area contributed by atoms with E-state index >= 15 is 0 Å². The summed E-state index contributed by atoms with van der Waals surface area (Å²) in [6.07, 6.45) is -2.44. The molecule has 0 aromatic carbocycles. The quantitative estimate of drug-likeness (QED) is 0.784. The van der Waals surface area contributed by atoms with Gasteiger partial charge in [0.15, 0.2) is 0 Å². The Kier molecular flexibility index (Phi) is 3.62. The van der Waals surface area contributed by atoms with Gasteiger partial charge in [-0.2, -0.15) is 17.7 Å². The number of carbonyl (C=O) groups is 1. The van der Waals surface area contributed by atoms with Gasteiger partial charge in [-0.15, -0.1) is 0 Å². The molecule has 0 bridgehead atoms. The summed E-state index contributed by atoms with van der Waals surface area (Å²) < 4.78 is 43.1. The first-order valence-electron chi connectivity index (χ1n) is 6.65. The first kappa shape index (κ1) is 15.2. The van der Waals surface area contributed by atoms with E-state index < -0.39 is 23.7 Å². The van der Waals surface area contributed by atoms with E-state index in [0.717, 1.165) is 12.8 Å². The zero-order valence-corrected chi connectivity index (χ0v) is 11.6. The van der Waals surface area contributed by atoms with E-state index in [2.05, 4.69) is 19.6 Å². The maximum absolute atomic E-state index is 12.7. The summed E-state index contributed by atoms with van der Waals surface area (Å²) >= 11 is 0. The van der Waals surface area contributed by atoms with Crippen molar-refractivity contribution in [2.24, 2.45) is 0 Å². The van der Waals surface area contributed by atoms with E-state index in [1.807, 2.05) is 0 Å². The first-order chi connectivity index (χ1) is 10.9. The molecule has 11 heteroatoms. The van der Waals surface area contributed by atoms with E-state index in [0.29, 0.717) is 30.1 Å². The Bertz CT molecular complexity index is 792. The number of hydrogen-bond acceptors (Lipinski definition) is 6. The molecular weight excluding hydrogens is 319 g/mol. The zero-order valence-electron chi connectivity index (χ0n) is 11.6. The summed E-state index contributed by atoms with van der Waals surface area (Å²) in [7, 11) is 0. The van der Waals surface area contributed by atoms with Crippen molar-refractivity contribution in [1.29, 1.82) is 0 Å². The molecule has 1 saturated heterocycles. The molecule has 0 atom stereocenters. The maximum Gasteiger partial charge on any atom is 0.450 e. The van der Waals surface area contributed by atoms with Crippen LogP contribution in [0.1, 0.15) is 18.5 Å². The number of alkyl halides is 3. The number of rotatable bonds is 1. The highest BCUT2D eigenvalue weighted by Crippen LogP contribution is 2.29. The van der Waals surface area contributed by atoms with Crippen molar-refractivity contribution in [2.75, 3.05) is 13.1 Å². The van der Waals surface area contributed by atoms with Crippen LogP contribution in [0.4, 0.5) is 18.0 Å². The van der Waals surface area contributed by atoms with Crippen molar-refractivity contribution < 1.29 is 22.5 Å². The Balaban J connectivity index is 2.05. The monoisotopic (exact) mass is 329 g/mol. The van der Waals surface area contributed by atoms with E-state index in [-0.39, 0.29) is 11.5 Å². The second kappa shape index (κ2) is 5.48. The van der Waals surface area contributed by atoms with E-state index in [9.17, 15) is 22.8 Å². The molecule has 3 rings (SSSR count). The number of likely N-dealkylation sites (tertiary alicyclic amines) is 1. The SMILES string of the molecule is O=C(N1CCCC1)n1c(-c2cc(C(F)(F)F)ncn2)noc1=O. The van der Waals surface area contributed by atoms with Crippen LogP contribution in [-0.2, 0) is 6.18 Å². The van der Waals surface area contributed by atoms with E-state index in [1.54, 1.807) is 0 Å². The normalized spacial score (nSPS) is 15.2. The highest BCUT2D eigenvalue weighted by molar-refractivity contribution is 5.80. The number of amides is 1. The van der Waals surface area contributed by atoms with Gasteiger partial charge in [-0.3, -0.25) is 4.52 Å². The van der Waals surface area contributed by atoms with Gasteiger partial charge in [0.05, 0.1) is 0 Å². The molecule has 1 amide bonds. The van der Waals surface area contributed by atoms with Crippen molar-refractivity contribution in [2.45, 2.75) is 19.0 Å². The van der Waals surface area contributed by atoms with Crippen molar-refractivity contribution in [3.63, 3.8) is 0 Å². The fraction of sp³-hybridized carbons (Fsp3) is 0.417. The Morgan fingerprint density at radius 2 is 1.91 bits per heavy atom. The molecule has 2 aromatic rings. The van der Waals surface area contributed by atoms with Gasteiger partial charge in [-0.1, -0.05) is 5.16 Å². The van der Waals surface area contributed by atoms with E-state index in [4.69, 9.17) is 0 Å².